The number of carbonyl (C=O) groups is 1. The summed E-state index contributed by atoms with van der Waals surface area (Å²) in [5, 5.41) is 2.89. The van der Waals surface area contributed by atoms with E-state index in [2.05, 4.69) is 5.32 Å². The summed E-state index contributed by atoms with van der Waals surface area (Å²) in [5.74, 6) is 1.16. The van der Waals surface area contributed by atoms with E-state index in [1.807, 2.05) is 30.3 Å². The number of amides is 1. The predicted octanol–water partition coefficient (Wildman–Crippen LogP) is 2.68. The van der Waals surface area contributed by atoms with E-state index < -0.39 is 0 Å². The third kappa shape index (κ3) is 4.16. The molecule has 0 aliphatic carbocycles. The van der Waals surface area contributed by atoms with Gasteiger partial charge in [-0.25, -0.2) is 0 Å². The number of nitrogens with one attached hydrogen (secondary N) is 1. The van der Waals surface area contributed by atoms with Crippen LogP contribution in [0.3, 0.4) is 0 Å². The van der Waals surface area contributed by atoms with E-state index in [9.17, 15) is 4.79 Å². The Morgan fingerprint density at radius 1 is 0.957 bits per heavy atom. The molecular formula is C18H21NO4. The minimum atomic E-state index is -0.239. The summed E-state index contributed by atoms with van der Waals surface area (Å²) in [7, 11) is 4.57. The first-order chi connectivity index (χ1) is 11.2. The smallest absolute Gasteiger partial charge is 0.258 e. The molecule has 0 heterocycles. The van der Waals surface area contributed by atoms with E-state index in [0.29, 0.717) is 29.4 Å². The monoisotopic (exact) mass is 315 g/mol. The van der Waals surface area contributed by atoms with Crippen molar-refractivity contribution in [3.05, 3.63) is 53.6 Å². The molecule has 0 atom stereocenters. The molecule has 23 heavy (non-hydrogen) atoms. The second-order valence-corrected chi connectivity index (χ2v) is 4.90. The van der Waals surface area contributed by atoms with E-state index in [1.165, 1.54) is 19.8 Å². The fourth-order valence-electron chi connectivity index (χ4n) is 2.28. The maximum atomic E-state index is 12.5. The molecule has 0 aromatic heterocycles. The molecule has 0 radical (unpaired) electrons. The first-order valence-corrected chi connectivity index (χ1v) is 7.31. The van der Waals surface area contributed by atoms with Gasteiger partial charge in [-0.3, -0.25) is 4.79 Å². The molecule has 0 spiro atoms. The molecule has 0 aliphatic rings. The molecule has 0 saturated carbocycles. The predicted molar refractivity (Wildman–Crippen MR) is 88.6 cm³/mol. The Morgan fingerprint density at radius 2 is 1.57 bits per heavy atom. The number of hydrogen-bond donors (Lipinski definition) is 1. The van der Waals surface area contributed by atoms with Crippen molar-refractivity contribution < 1.29 is 19.0 Å². The summed E-state index contributed by atoms with van der Waals surface area (Å²) in [4.78, 5) is 12.5. The molecule has 0 fully saturated rings. The van der Waals surface area contributed by atoms with Gasteiger partial charge in [-0.05, 0) is 12.0 Å². The molecule has 0 bridgehead atoms. The highest BCUT2D eigenvalue weighted by atomic mass is 16.5. The second kappa shape index (κ2) is 8.08. The lowest BCUT2D eigenvalue weighted by Gasteiger charge is -2.15. The standard InChI is InChI=1S/C18H21NO4/c1-21-14-11-15(22-2)17(16(12-14)23-3)18(20)19-10-9-13-7-5-4-6-8-13/h4-8,11-12H,9-10H2,1-3H3,(H,19,20). The zero-order chi connectivity index (χ0) is 16.7. The maximum absolute atomic E-state index is 12.5. The number of hydrogen-bond acceptors (Lipinski definition) is 4. The van der Waals surface area contributed by atoms with Crippen LogP contribution in [0, 0.1) is 0 Å². The number of carbonyl (C=O) groups excluding carboxylic acids is 1. The van der Waals surface area contributed by atoms with Gasteiger partial charge < -0.3 is 19.5 Å². The highest BCUT2D eigenvalue weighted by molar-refractivity contribution is 6.00. The van der Waals surface area contributed by atoms with Crippen LogP contribution in [0.1, 0.15) is 15.9 Å². The SMILES string of the molecule is COc1cc(OC)c(C(=O)NCCc2ccccc2)c(OC)c1. The van der Waals surface area contributed by atoms with Crippen molar-refractivity contribution in [3.63, 3.8) is 0 Å². The van der Waals surface area contributed by atoms with Gasteiger partial charge in [0.25, 0.3) is 5.91 Å². The summed E-state index contributed by atoms with van der Waals surface area (Å²) in [6.45, 7) is 0.529. The number of benzene rings is 2. The van der Waals surface area contributed by atoms with Crippen LogP contribution in [0.25, 0.3) is 0 Å². The van der Waals surface area contributed by atoms with Gasteiger partial charge in [-0.1, -0.05) is 30.3 Å². The van der Waals surface area contributed by atoms with Gasteiger partial charge in [-0.2, -0.15) is 0 Å². The van der Waals surface area contributed by atoms with Crippen LogP contribution in [0.2, 0.25) is 0 Å². The van der Waals surface area contributed by atoms with Crippen LogP contribution in [0.5, 0.6) is 17.2 Å². The van der Waals surface area contributed by atoms with E-state index in [4.69, 9.17) is 14.2 Å². The molecule has 0 saturated heterocycles. The van der Waals surface area contributed by atoms with E-state index in [-0.39, 0.29) is 5.91 Å². The first-order valence-electron chi connectivity index (χ1n) is 7.31. The Balaban J connectivity index is 2.11. The Hall–Kier alpha value is -2.69. The van der Waals surface area contributed by atoms with Crippen LogP contribution in [-0.4, -0.2) is 33.8 Å². The van der Waals surface area contributed by atoms with Crippen molar-refractivity contribution in [2.45, 2.75) is 6.42 Å². The van der Waals surface area contributed by atoms with Crippen molar-refractivity contribution >= 4 is 5.91 Å². The first kappa shape index (κ1) is 16.7. The lowest BCUT2D eigenvalue weighted by atomic mass is 10.1. The summed E-state index contributed by atoms with van der Waals surface area (Å²) < 4.78 is 15.8. The molecule has 0 aliphatic heterocycles. The quantitative estimate of drug-likeness (QED) is 0.853. The molecule has 5 nitrogen and oxygen atoms in total. The maximum Gasteiger partial charge on any atom is 0.258 e. The largest absolute Gasteiger partial charge is 0.496 e. The van der Waals surface area contributed by atoms with E-state index >= 15 is 0 Å². The van der Waals surface area contributed by atoms with Crippen molar-refractivity contribution in [2.75, 3.05) is 27.9 Å². The summed E-state index contributed by atoms with van der Waals surface area (Å²) in [6, 6.07) is 13.3. The normalized spacial score (nSPS) is 10.0. The van der Waals surface area contributed by atoms with Gasteiger partial charge >= 0.3 is 0 Å². The van der Waals surface area contributed by atoms with Crippen molar-refractivity contribution in [1.29, 1.82) is 0 Å². The third-order valence-electron chi connectivity index (χ3n) is 3.48. The summed E-state index contributed by atoms with van der Waals surface area (Å²) in [6.07, 6.45) is 0.757. The van der Waals surface area contributed by atoms with Gasteiger partial charge in [0.15, 0.2) is 0 Å². The Morgan fingerprint density at radius 3 is 2.09 bits per heavy atom. The molecule has 1 amide bonds. The molecule has 2 aromatic carbocycles. The van der Waals surface area contributed by atoms with Crippen LogP contribution in [-0.2, 0) is 6.42 Å². The van der Waals surface area contributed by atoms with Gasteiger partial charge in [0.05, 0.1) is 21.3 Å². The highest BCUT2D eigenvalue weighted by Gasteiger charge is 2.20. The van der Waals surface area contributed by atoms with Crippen LogP contribution in [0.15, 0.2) is 42.5 Å². The van der Waals surface area contributed by atoms with Crippen molar-refractivity contribution in [3.8, 4) is 17.2 Å². The Bertz CT molecular complexity index is 630. The minimum Gasteiger partial charge on any atom is -0.496 e. The summed E-state index contributed by atoms with van der Waals surface area (Å²) >= 11 is 0. The molecular weight excluding hydrogens is 294 g/mol. The van der Waals surface area contributed by atoms with E-state index in [0.717, 1.165) is 6.42 Å². The fraction of sp³-hybridized carbons (Fsp3) is 0.278. The van der Waals surface area contributed by atoms with Crippen LogP contribution < -0.4 is 19.5 Å². The van der Waals surface area contributed by atoms with E-state index in [1.54, 1.807) is 19.2 Å². The topological polar surface area (TPSA) is 56.8 Å². The lowest BCUT2D eigenvalue weighted by Crippen LogP contribution is -2.26. The molecule has 1 N–H and O–H groups in total. The number of methoxy groups -OCH3 is 3. The molecule has 2 aromatic rings. The number of rotatable bonds is 7. The lowest BCUT2D eigenvalue weighted by molar-refractivity contribution is 0.0948. The molecule has 122 valence electrons. The van der Waals surface area contributed by atoms with Gasteiger partial charge in [-0.15, -0.1) is 0 Å². The highest BCUT2D eigenvalue weighted by Crippen LogP contribution is 2.33. The average molecular weight is 315 g/mol. The molecule has 0 unspecified atom stereocenters. The third-order valence-corrected chi connectivity index (χ3v) is 3.48. The van der Waals surface area contributed by atoms with Gasteiger partial charge in [0, 0.05) is 18.7 Å². The van der Waals surface area contributed by atoms with Crippen LogP contribution >= 0.6 is 0 Å². The second-order valence-electron chi connectivity index (χ2n) is 4.90. The van der Waals surface area contributed by atoms with Gasteiger partial charge in [0.1, 0.15) is 22.8 Å². The fourth-order valence-corrected chi connectivity index (χ4v) is 2.28. The minimum absolute atomic E-state index is 0.239. The molecule has 5 heteroatoms. The zero-order valence-corrected chi connectivity index (χ0v) is 13.6. The summed E-state index contributed by atoms with van der Waals surface area (Å²) in [5.41, 5.74) is 1.53. The average Bonchev–Trinajstić information content (AvgIpc) is 2.61. The Labute approximate surface area is 136 Å². The Kier molecular flexibility index (Phi) is 5.86. The van der Waals surface area contributed by atoms with Gasteiger partial charge in [0.2, 0.25) is 0 Å². The zero-order valence-electron chi connectivity index (χ0n) is 13.6. The van der Waals surface area contributed by atoms with Crippen molar-refractivity contribution in [1.82, 2.24) is 5.32 Å². The number of ether oxygens (including phenoxy) is 3. The molecule has 2 rings (SSSR count). The van der Waals surface area contributed by atoms with Crippen LogP contribution in [0.4, 0.5) is 0 Å². The van der Waals surface area contributed by atoms with Crippen molar-refractivity contribution in [2.24, 2.45) is 0 Å².